The van der Waals surface area contributed by atoms with Gasteiger partial charge in [-0.1, -0.05) is 23.7 Å². The maximum absolute atomic E-state index is 9.31. The molecule has 1 N–H and O–H groups in total. The molecule has 1 aromatic heterocycles. The second-order valence-corrected chi connectivity index (χ2v) is 6.74. The van der Waals surface area contributed by atoms with Crippen LogP contribution in [0, 0.1) is 0 Å². The molecular weight excluding hydrogens is 296 g/mol. The van der Waals surface area contributed by atoms with Gasteiger partial charge in [-0.3, -0.25) is 0 Å². The van der Waals surface area contributed by atoms with Crippen molar-refractivity contribution >= 4 is 32.3 Å². The molecule has 4 heteroatoms. The van der Waals surface area contributed by atoms with Crippen LogP contribution in [0.1, 0.15) is 0 Å². The maximum Gasteiger partial charge on any atom is 0.301 e. The zero-order valence-corrected chi connectivity index (χ0v) is 12.2. The lowest BCUT2D eigenvalue weighted by atomic mass is 10.1. The van der Waals surface area contributed by atoms with Crippen LogP contribution in [-0.2, 0) is 0 Å². The molecule has 94 valence electrons. The number of hydrogen-bond donors (Lipinski definition) is 1. The van der Waals surface area contributed by atoms with Crippen LogP contribution >= 0.6 is 32.3 Å². The molecule has 3 rings (SSSR count). The van der Waals surface area contributed by atoms with E-state index in [1.165, 1.54) is 15.3 Å². The summed E-state index contributed by atoms with van der Waals surface area (Å²) in [5.41, 5.74) is 2.30. The molecule has 0 unspecified atom stereocenters. The third kappa shape index (κ3) is 2.78. The van der Waals surface area contributed by atoms with Crippen molar-refractivity contribution in [2.24, 2.45) is 0 Å². The smallest absolute Gasteiger partial charge is 0.301 e. The van der Waals surface area contributed by atoms with Crippen molar-refractivity contribution in [3.8, 4) is 26.6 Å². The van der Waals surface area contributed by atoms with Gasteiger partial charge < -0.3 is 5.11 Å². The molecule has 0 bridgehead atoms. The second kappa shape index (κ2) is 5.29. The predicted octanol–water partition coefficient (Wildman–Crippen LogP) is 5.78. The minimum absolute atomic E-state index is 0.293. The SMILES string of the molecule is Oc1ccc(-c2cc(-c3ccc(Cl)cc3)s[s+]2)cc1. The Labute approximate surface area is 123 Å². The Morgan fingerprint density at radius 1 is 0.895 bits per heavy atom. The molecule has 0 aliphatic carbocycles. The van der Waals surface area contributed by atoms with Crippen LogP contribution in [-0.4, -0.2) is 5.11 Å². The van der Waals surface area contributed by atoms with E-state index < -0.39 is 0 Å². The topological polar surface area (TPSA) is 20.2 Å². The van der Waals surface area contributed by atoms with Gasteiger partial charge in [0.1, 0.15) is 5.75 Å². The average Bonchev–Trinajstić information content (AvgIpc) is 2.90. The molecule has 19 heavy (non-hydrogen) atoms. The molecule has 0 saturated carbocycles. The summed E-state index contributed by atoms with van der Waals surface area (Å²) in [6.45, 7) is 0. The summed E-state index contributed by atoms with van der Waals surface area (Å²) in [6, 6.07) is 17.3. The van der Waals surface area contributed by atoms with E-state index in [2.05, 4.69) is 6.07 Å². The molecule has 1 nitrogen and oxygen atoms in total. The van der Waals surface area contributed by atoms with Gasteiger partial charge in [-0.05, 0) is 42.0 Å². The summed E-state index contributed by atoms with van der Waals surface area (Å²) in [5, 5.41) is 10.1. The fourth-order valence-corrected chi connectivity index (χ4v) is 4.34. The van der Waals surface area contributed by atoms with Crippen LogP contribution in [0.2, 0.25) is 5.02 Å². The fraction of sp³-hybridized carbons (Fsp3) is 0. The normalized spacial score (nSPS) is 10.6. The molecule has 1 heterocycles. The van der Waals surface area contributed by atoms with Crippen LogP contribution in [0.5, 0.6) is 5.75 Å². The first kappa shape index (κ1) is 12.6. The van der Waals surface area contributed by atoms with E-state index in [-0.39, 0.29) is 0 Å². The van der Waals surface area contributed by atoms with Gasteiger partial charge in [-0.25, -0.2) is 0 Å². The molecule has 2 aromatic carbocycles. The van der Waals surface area contributed by atoms with E-state index in [4.69, 9.17) is 11.6 Å². The van der Waals surface area contributed by atoms with Crippen LogP contribution in [0.3, 0.4) is 0 Å². The van der Waals surface area contributed by atoms with Crippen molar-refractivity contribution in [1.82, 2.24) is 0 Å². The average molecular weight is 306 g/mol. The van der Waals surface area contributed by atoms with Crippen molar-refractivity contribution in [2.45, 2.75) is 0 Å². The first-order valence-corrected chi connectivity index (χ1v) is 8.24. The molecule has 0 radical (unpaired) electrons. The fourth-order valence-electron chi connectivity index (χ4n) is 1.76. The molecule has 0 aliphatic rings. The lowest BCUT2D eigenvalue weighted by Crippen LogP contribution is -1.73. The predicted molar refractivity (Wildman–Crippen MR) is 84.1 cm³/mol. The zero-order valence-electron chi connectivity index (χ0n) is 9.84. The Bertz CT molecular complexity index is 627. The van der Waals surface area contributed by atoms with Gasteiger partial charge >= 0.3 is 10.3 Å². The first-order chi connectivity index (χ1) is 9.22. The molecule has 0 aliphatic heterocycles. The number of hydrogen-bond acceptors (Lipinski definition) is 2. The monoisotopic (exact) mass is 305 g/mol. The van der Waals surface area contributed by atoms with Gasteiger partial charge in [0.15, 0.2) is 10.3 Å². The van der Waals surface area contributed by atoms with Crippen LogP contribution in [0.15, 0.2) is 54.6 Å². The molecule has 0 fully saturated rings. The third-order valence-electron chi connectivity index (χ3n) is 2.76. The quantitative estimate of drug-likeness (QED) is 0.470. The summed E-state index contributed by atoms with van der Waals surface area (Å²) in [4.78, 5) is 2.43. The van der Waals surface area contributed by atoms with Crippen molar-refractivity contribution in [2.75, 3.05) is 0 Å². The minimum Gasteiger partial charge on any atom is -0.508 e. The summed E-state index contributed by atoms with van der Waals surface area (Å²) >= 11 is 5.90. The van der Waals surface area contributed by atoms with Crippen molar-refractivity contribution in [1.29, 1.82) is 0 Å². The van der Waals surface area contributed by atoms with Gasteiger partial charge in [-0.2, -0.15) is 0 Å². The van der Waals surface area contributed by atoms with Crippen LogP contribution < -0.4 is 0 Å². The standard InChI is InChI=1S/C15H9ClOS2/c16-12-5-1-10(2-6-12)14-9-15(19-18-14)11-3-7-13(17)8-4-11/h1-9H/p+1. The highest BCUT2D eigenvalue weighted by molar-refractivity contribution is 7.72. The van der Waals surface area contributed by atoms with Crippen LogP contribution in [0.25, 0.3) is 20.9 Å². The maximum atomic E-state index is 9.31. The van der Waals surface area contributed by atoms with Crippen molar-refractivity contribution < 1.29 is 5.11 Å². The van der Waals surface area contributed by atoms with E-state index in [9.17, 15) is 5.11 Å². The Balaban J connectivity index is 1.95. The van der Waals surface area contributed by atoms with Crippen molar-refractivity contribution in [3.63, 3.8) is 0 Å². The largest absolute Gasteiger partial charge is 0.508 e. The zero-order chi connectivity index (χ0) is 13.2. The highest BCUT2D eigenvalue weighted by Crippen LogP contribution is 2.37. The van der Waals surface area contributed by atoms with Gasteiger partial charge in [0.2, 0.25) is 0 Å². The molecular formula is C15H10ClOS2+. The minimum atomic E-state index is 0.293. The van der Waals surface area contributed by atoms with Crippen molar-refractivity contribution in [3.05, 3.63) is 59.6 Å². The van der Waals surface area contributed by atoms with E-state index in [0.29, 0.717) is 5.75 Å². The lowest BCUT2D eigenvalue weighted by Gasteiger charge is -1.94. The highest BCUT2D eigenvalue weighted by Gasteiger charge is 2.16. The molecule has 0 saturated heterocycles. The van der Waals surface area contributed by atoms with Gasteiger partial charge in [0.25, 0.3) is 4.88 Å². The van der Waals surface area contributed by atoms with Gasteiger partial charge in [0, 0.05) is 16.7 Å². The Morgan fingerprint density at radius 2 is 1.53 bits per heavy atom. The third-order valence-corrected chi connectivity index (χ3v) is 5.49. The number of phenolic OH excluding ortho intramolecular Hbond substituents is 1. The molecule has 0 spiro atoms. The van der Waals surface area contributed by atoms with Crippen LogP contribution in [0.4, 0.5) is 0 Å². The first-order valence-electron chi connectivity index (χ1n) is 5.71. The lowest BCUT2D eigenvalue weighted by molar-refractivity contribution is 0.475. The number of phenols is 1. The van der Waals surface area contributed by atoms with E-state index >= 15 is 0 Å². The Kier molecular flexibility index (Phi) is 3.51. The summed E-state index contributed by atoms with van der Waals surface area (Å²) in [7, 11) is 3.48. The summed E-state index contributed by atoms with van der Waals surface area (Å²) in [6.07, 6.45) is 0. The van der Waals surface area contributed by atoms with Gasteiger partial charge in [0.05, 0.1) is 4.88 Å². The molecule has 0 atom stereocenters. The summed E-state index contributed by atoms with van der Waals surface area (Å²) < 4.78 is 0. The Hall–Kier alpha value is -1.42. The van der Waals surface area contributed by atoms with Gasteiger partial charge in [-0.15, -0.1) is 0 Å². The number of benzene rings is 2. The second-order valence-electron chi connectivity index (χ2n) is 4.09. The molecule has 3 aromatic rings. The van der Waals surface area contributed by atoms with E-state index in [0.717, 1.165) is 10.6 Å². The number of aromatic hydroxyl groups is 1. The van der Waals surface area contributed by atoms with E-state index in [1.54, 1.807) is 32.8 Å². The summed E-state index contributed by atoms with van der Waals surface area (Å²) in [5.74, 6) is 0.293. The molecule has 0 amide bonds. The highest BCUT2D eigenvalue weighted by atomic mass is 35.5. The van der Waals surface area contributed by atoms with E-state index in [1.807, 2.05) is 36.4 Å². The Morgan fingerprint density at radius 3 is 2.21 bits per heavy atom. The number of rotatable bonds is 2. The number of halogens is 1.